The fourth-order valence-electron chi connectivity index (χ4n) is 1.16. The van der Waals surface area contributed by atoms with Crippen LogP contribution in [0, 0.1) is 0 Å². The smallest absolute Gasteiger partial charge is 0.326 e. The molecule has 90 valence electrons. The minimum Gasteiger partial charge on any atom is -0.468 e. The minimum atomic E-state index is -3.47. The predicted octanol–water partition coefficient (Wildman–Crippen LogP) is -0.0377. The zero-order chi connectivity index (χ0) is 12.1. The lowest BCUT2D eigenvalue weighted by molar-refractivity contribution is -0.143. The van der Waals surface area contributed by atoms with Crippen molar-refractivity contribution in [2.45, 2.75) is 25.0 Å². The van der Waals surface area contributed by atoms with Crippen molar-refractivity contribution < 1.29 is 17.9 Å². The quantitative estimate of drug-likeness (QED) is 0.518. The Labute approximate surface area is 91.1 Å². The summed E-state index contributed by atoms with van der Waals surface area (Å²) < 4.78 is 26.1. The third-order valence-corrected chi connectivity index (χ3v) is 4.47. The van der Waals surface area contributed by atoms with Crippen LogP contribution in [0.2, 0.25) is 0 Å². The number of sulfone groups is 1. The maximum absolute atomic E-state index is 11.5. The first-order valence-electron chi connectivity index (χ1n) is 4.78. The molecule has 0 aromatic carbocycles. The molecule has 0 aromatic rings. The molecule has 0 aliphatic heterocycles. The van der Waals surface area contributed by atoms with Crippen LogP contribution in [0.5, 0.6) is 0 Å². The molecule has 0 spiro atoms. The van der Waals surface area contributed by atoms with Crippen molar-refractivity contribution in [2.24, 2.45) is 0 Å². The van der Waals surface area contributed by atoms with E-state index < -0.39 is 20.6 Å². The fraction of sp³-hybridized carbons (Fsp3) is 0.889. The van der Waals surface area contributed by atoms with Gasteiger partial charge in [0.25, 0.3) is 0 Å². The highest BCUT2D eigenvalue weighted by Gasteiger charge is 2.44. The van der Waals surface area contributed by atoms with Gasteiger partial charge in [-0.2, -0.15) is 0 Å². The first-order valence-corrected chi connectivity index (χ1v) is 6.67. The molecule has 0 aliphatic carbocycles. The Bertz CT molecular complexity index is 312. The van der Waals surface area contributed by atoms with Crippen molar-refractivity contribution in [3.8, 4) is 0 Å². The summed E-state index contributed by atoms with van der Waals surface area (Å²) in [5.74, 6) is -0.706. The molecule has 1 atom stereocenters. The van der Waals surface area contributed by atoms with E-state index in [1.807, 2.05) is 6.92 Å². The van der Waals surface area contributed by atoms with Crippen LogP contribution in [0.25, 0.3) is 0 Å². The lowest BCUT2D eigenvalue weighted by atomic mass is 10.1. The van der Waals surface area contributed by atoms with Gasteiger partial charge in [0, 0.05) is 6.26 Å². The van der Waals surface area contributed by atoms with Gasteiger partial charge in [-0.15, -0.1) is 0 Å². The molecule has 0 amide bonds. The number of rotatable bonds is 6. The molecule has 0 saturated carbocycles. The maximum atomic E-state index is 11.5. The van der Waals surface area contributed by atoms with Gasteiger partial charge in [-0.3, -0.25) is 4.79 Å². The van der Waals surface area contributed by atoms with Crippen LogP contribution in [-0.4, -0.2) is 45.6 Å². The Morgan fingerprint density at radius 2 is 2.00 bits per heavy atom. The summed E-state index contributed by atoms with van der Waals surface area (Å²) >= 11 is 0. The first-order chi connectivity index (χ1) is 6.79. The summed E-state index contributed by atoms with van der Waals surface area (Å²) in [6.45, 7) is 4.51. The van der Waals surface area contributed by atoms with Crippen molar-refractivity contribution in [3.05, 3.63) is 0 Å². The third-order valence-electron chi connectivity index (χ3n) is 2.46. The zero-order valence-corrected chi connectivity index (χ0v) is 10.5. The minimum absolute atomic E-state index is 0.215. The van der Waals surface area contributed by atoms with Crippen molar-refractivity contribution in [1.82, 2.24) is 5.32 Å². The van der Waals surface area contributed by atoms with Crippen LogP contribution in [0.15, 0.2) is 0 Å². The molecular weight excluding hydrogens is 218 g/mol. The molecule has 0 radical (unpaired) electrons. The predicted molar refractivity (Wildman–Crippen MR) is 58.4 cm³/mol. The molecule has 0 fully saturated rings. The summed E-state index contributed by atoms with van der Waals surface area (Å²) in [6, 6.07) is 0. The van der Waals surface area contributed by atoms with E-state index >= 15 is 0 Å². The number of esters is 1. The Morgan fingerprint density at radius 1 is 1.47 bits per heavy atom. The van der Waals surface area contributed by atoms with Gasteiger partial charge in [-0.1, -0.05) is 6.92 Å². The average Bonchev–Trinajstić information content (AvgIpc) is 2.15. The number of carbonyl (C=O) groups is 1. The molecule has 1 unspecified atom stereocenters. The molecular formula is C9H19NO4S. The van der Waals surface area contributed by atoms with Gasteiger partial charge in [0.1, 0.15) is 0 Å². The van der Waals surface area contributed by atoms with Crippen molar-refractivity contribution >= 4 is 15.8 Å². The second-order valence-electron chi connectivity index (χ2n) is 3.60. The van der Waals surface area contributed by atoms with E-state index in [-0.39, 0.29) is 6.42 Å². The second kappa shape index (κ2) is 5.46. The molecule has 15 heavy (non-hydrogen) atoms. The van der Waals surface area contributed by atoms with Gasteiger partial charge in [0.2, 0.25) is 0 Å². The maximum Gasteiger partial charge on any atom is 0.326 e. The topological polar surface area (TPSA) is 72.5 Å². The summed E-state index contributed by atoms with van der Waals surface area (Å²) in [4.78, 5) is 11.4. The van der Waals surface area contributed by atoms with E-state index in [4.69, 9.17) is 0 Å². The van der Waals surface area contributed by atoms with Crippen LogP contribution < -0.4 is 5.32 Å². The fourth-order valence-corrected chi connectivity index (χ4v) is 2.02. The zero-order valence-electron chi connectivity index (χ0n) is 9.66. The Balaban J connectivity index is 4.81. The normalized spacial score (nSPS) is 15.7. The standard InChI is InChI=1S/C9H19NO4S/c1-5-10-7-6-9(2,8(11)14-3)15(4,12)13/h10H,5-7H2,1-4H3. The van der Waals surface area contributed by atoms with Crippen LogP contribution >= 0.6 is 0 Å². The SMILES string of the molecule is CCNCCC(C)(C(=O)OC)S(C)(=O)=O. The van der Waals surface area contributed by atoms with Crippen LogP contribution in [0.4, 0.5) is 0 Å². The van der Waals surface area contributed by atoms with E-state index in [2.05, 4.69) is 10.1 Å². The van der Waals surface area contributed by atoms with Gasteiger partial charge in [-0.25, -0.2) is 8.42 Å². The molecule has 0 rings (SSSR count). The highest BCUT2D eigenvalue weighted by atomic mass is 32.2. The van der Waals surface area contributed by atoms with Crippen molar-refractivity contribution in [1.29, 1.82) is 0 Å². The number of hydrogen-bond acceptors (Lipinski definition) is 5. The monoisotopic (exact) mass is 237 g/mol. The highest BCUT2D eigenvalue weighted by Crippen LogP contribution is 2.21. The molecule has 0 bridgehead atoms. The number of nitrogens with one attached hydrogen (secondary N) is 1. The van der Waals surface area contributed by atoms with Crippen molar-refractivity contribution in [3.63, 3.8) is 0 Å². The Kier molecular flexibility index (Phi) is 5.23. The number of ether oxygens (including phenoxy) is 1. The van der Waals surface area contributed by atoms with E-state index in [1.165, 1.54) is 14.0 Å². The van der Waals surface area contributed by atoms with Crippen LogP contribution in [0.1, 0.15) is 20.3 Å². The van der Waals surface area contributed by atoms with Crippen molar-refractivity contribution in [2.75, 3.05) is 26.5 Å². The molecule has 5 nitrogen and oxygen atoms in total. The Morgan fingerprint density at radius 3 is 2.33 bits per heavy atom. The Hall–Kier alpha value is -0.620. The van der Waals surface area contributed by atoms with Crippen LogP contribution in [-0.2, 0) is 19.4 Å². The molecule has 0 saturated heterocycles. The van der Waals surface area contributed by atoms with E-state index in [0.717, 1.165) is 12.8 Å². The number of methoxy groups -OCH3 is 1. The lowest BCUT2D eigenvalue weighted by Crippen LogP contribution is -2.46. The van der Waals surface area contributed by atoms with Crippen LogP contribution in [0.3, 0.4) is 0 Å². The van der Waals surface area contributed by atoms with Gasteiger partial charge in [-0.05, 0) is 26.4 Å². The van der Waals surface area contributed by atoms with Gasteiger partial charge in [0.15, 0.2) is 14.6 Å². The molecule has 0 heterocycles. The van der Waals surface area contributed by atoms with E-state index in [0.29, 0.717) is 6.54 Å². The molecule has 0 aromatic heterocycles. The molecule has 0 aliphatic rings. The summed E-state index contributed by atoms with van der Waals surface area (Å²) in [5.41, 5.74) is 0. The first kappa shape index (κ1) is 14.4. The summed E-state index contributed by atoms with van der Waals surface area (Å²) in [6.07, 6.45) is 1.27. The highest BCUT2D eigenvalue weighted by molar-refractivity contribution is 7.92. The molecule has 1 N–H and O–H groups in total. The average molecular weight is 237 g/mol. The number of hydrogen-bond donors (Lipinski definition) is 1. The number of carbonyl (C=O) groups excluding carboxylic acids is 1. The summed E-state index contributed by atoms with van der Waals surface area (Å²) in [7, 11) is -2.28. The van der Waals surface area contributed by atoms with E-state index in [1.54, 1.807) is 0 Å². The van der Waals surface area contributed by atoms with Gasteiger partial charge >= 0.3 is 5.97 Å². The van der Waals surface area contributed by atoms with E-state index in [9.17, 15) is 13.2 Å². The van der Waals surface area contributed by atoms with Gasteiger partial charge in [0.05, 0.1) is 7.11 Å². The van der Waals surface area contributed by atoms with Gasteiger partial charge < -0.3 is 10.1 Å². The lowest BCUT2D eigenvalue weighted by Gasteiger charge is -2.24. The second-order valence-corrected chi connectivity index (χ2v) is 6.04. The molecule has 6 heteroatoms. The third kappa shape index (κ3) is 3.46. The largest absolute Gasteiger partial charge is 0.468 e. The summed E-state index contributed by atoms with van der Waals surface area (Å²) in [5, 5.41) is 2.98.